The summed E-state index contributed by atoms with van der Waals surface area (Å²) in [6.07, 6.45) is 0.870. The third kappa shape index (κ3) is 2.91. The maximum atomic E-state index is 13.5. The number of benzene rings is 1. The van der Waals surface area contributed by atoms with Gasteiger partial charge in [0.05, 0.1) is 16.2 Å². The molecule has 2 rings (SSSR count). The average Bonchev–Trinajstić information content (AvgIpc) is 2.43. The molecule has 0 unspecified atom stereocenters. The van der Waals surface area contributed by atoms with E-state index in [0.717, 1.165) is 24.4 Å². The second kappa shape index (κ2) is 5.49. The highest BCUT2D eigenvalue weighted by molar-refractivity contribution is 5.89. The van der Waals surface area contributed by atoms with Crippen LogP contribution in [-0.2, 0) is 0 Å². The number of aromatic carboxylic acids is 1. The van der Waals surface area contributed by atoms with Gasteiger partial charge in [-0.15, -0.1) is 0 Å². The van der Waals surface area contributed by atoms with Crippen molar-refractivity contribution in [2.75, 3.05) is 5.32 Å². The standard InChI is InChI=1S/C12H7F2N3O4/c13-7-2-1-3-8(10(7)14)16-11-9(17(20)21)4-6(5-15-11)12(18)19/h1-5H,(H,15,16)(H,18,19). The molecule has 1 aromatic heterocycles. The summed E-state index contributed by atoms with van der Waals surface area (Å²) in [6, 6.07) is 4.03. The van der Waals surface area contributed by atoms with Crippen LogP contribution in [0.25, 0.3) is 0 Å². The third-order valence-corrected chi connectivity index (χ3v) is 2.52. The molecule has 7 nitrogen and oxygen atoms in total. The van der Waals surface area contributed by atoms with Crippen LogP contribution in [-0.4, -0.2) is 21.0 Å². The number of halogens is 2. The molecule has 108 valence electrons. The molecule has 1 aromatic carbocycles. The summed E-state index contributed by atoms with van der Waals surface area (Å²) in [5, 5.41) is 21.9. The Bertz CT molecular complexity index is 736. The number of carbonyl (C=O) groups is 1. The summed E-state index contributed by atoms with van der Waals surface area (Å²) in [5.41, 5.74) is -1.42. The lowest BCUT2D eigenvalue weighted by atomic mass is 10.2. The molecule has 2 N–H and O–H groups in total. The lowest BCUT2D eigenvalue weighted by Crippen LogP contribution is -2.05. The Morgan fingerprint density at radius 3 is 2.71 bits per heavy atom. The van der Waals surface area contributed by atoms with Crippen LogP contribution in [0.2, 0.25) is 0 Å². The lowest BCUT2D eigenvalue weighted by Gasteiger charge is -2.08. The molecule has 0 spiro atoms. The van der Waals surface area contributed by atoms with Crippen LogP contribution in [0.3, 0.4) is 0 Å². The van der Waals surface area contributed by atoms with Crippen LogP contribution in [0.15, 0.2) is 30.5 Å². The minimum absolute atomic E-state index is 0.353. The van der Waals surface area contributed by atoms with Crippen molar-refractivity contribution in [3.05, 3.63) is 57.8 Å². The van der Waals surface area contributed by atoms with E-state index >= 15 is 0 Å². The number of aromatic nitrogens is 1. The molecule has 0 bridgehead atoms. The number of pyridine rings is 1. The smallest absolute Gasteiger partial charge is 0.337 e. The predicted molar refractivity (Wildman–Crippen MR) is 67.5 cm³/mol. The first kappa shape index (κ1) is 14.3. The van der Waals surface area contributed by atoms with Gasteiger partial charge in [-0.2, -0.15) is 0 Å². The zero-order chi connectivity index (χ0) is 15.6. The molecule has 0 saturated heterocycles. The zero-order valence-electron chi connectivity index (χ0n) is 10.2. The first-order valence-electron chi connectivity index (χ1n) is 5.49. The summed E-state index contributed by atoms with van der Waals surface area (Å²) in [5.74, 6) is -4.15. The Morgan fingerprint density at radius 2 is 2.10 bits per heavy atom. The highest BCUT2D eigenvalue weighted by Gasteiger charge is 2.20. The van der Waals surface area contributed by atoms with Gasteiger partial charge in [-0.3, -0.25) is 10.1 Å². The van der Waals surface area contributed by atoms with Gasteiger partial charge in [0.25, 0.3) is 0 Å². The fourth-order valence-corrected chi connectivity index (χ4v) is 1.53. The Hall–Kier alpha value is -3.10. The van der Waals surface area contributed by atoms with Crippen molar-refractivity contribution in [2.45, 2.75) is 0 Å². The second-order valence-electron chi connectivity index (χ2n) is 3.88. The van der Waals surface area contributed by atoms with Crippen molar-refractivity contribution in [1.82, 2.24) is 4.98 Å². The van der Waals surface area contributed by atoms with E-state index in [4.69, 9.17) is 5.11 Å². The summed E-state index contributed by atoms with van der Waals surface area (Å²) in [4.78, 5) is 24.3. The van der Waals surface area contributed by atoms with E-state index in [-0.39, 0.29) is 5.69 Å². The van der Waals surface area contributed by atoms with E-state index in [1.54, 1.807) is 0 Å². The van der Waals surface area contributed by atoms with E-state index in [0.29, 0.717) is 0 Å². The predicted octanol–water partition coefficient (Wildman–Crippen LogP) is 2.71. The minimum atomic E-state index is -1.39. The van der Waals surface area contributed by atoms with Crippen LogP contribution < -0.4 is 5.32 Å². The average molecular weight is 295 g/mol. The Kier molecular flexibility index (Phi) is 3.74. The van der Waals surface area contributed by atoms with Gasteiger partial charge in [0.2, 0.25) is 5.82 Å². The van der Waals surface area contributed by atoms with E-state index in [1.807, 2.05) is 0 Å². The van der Waals surface area contributed by atoms with Crippen molar-refractivity contribution in [2.24, 2.45) is 0 Å². The molecule has 0 saturated carbocycles. The van der Waals surface area contributed by atoms with Gasteiger partial charge in [0.15, 0.2) is 11.6 Å². The highest BCUT2D eigenvalue weighted by Crippen LogP contribution is 2.28. The van der Waals surface area contributed by atoms with Crippen LogP contribution in [0.5, 0.6) is 0 Å². The lowest BCUT2D eigenvalue weighted by molar-refractivity contribution is -0.384. The van der Waals surface area contributed by atoms with Crippen LogP contribution >= 0.6 is 0 Å². The van der Waals surface area contributed by atoms with E-state index in [9.17, 15) is 23.7 Å². The van der Waals surface area contributed by atoms with Crippen molar-refractivity contribution in [3.8, 4) is 0 Å². The molecule has 0 fully saturated rings. The van der Waals surface area contributed by atoms with Gasteiger partial charge < -0.3 is 10.4 Å². The molecule has 1 heterocycles. The number of hydrogen-bond donors (Lipinski definition) is 2. The van der Waals surface area contributed by atoms with Crippen LogP contribution in [0, 0.1) is 21.7 Å². The number of rotatable bonds is 4. The summed E-state index contributed by atoms with van der Waals surface area (Å²) >= 11 is 0. The van der Waals surface area contributed by atoms with Gasteiger partial charge in [-0.1, -0.05) is 6.07 Å². The topological polar surface area (TPSA) is 105 Å². The minimum Gasteiger partial charge on any atom is -0.478 e. The van der Waals surface area contributed by atoms with Crippen molar-refractivity contribution < 1.29 is 23.6 Å². The summed E-state index contributed by atoms with van der Waals surface area (Å²) < 4.78 is 26.6. The first-order chi connectivity index (χ1) is 9.90. The quantitative estimate of drug-likeness (QED) is 0.663. The number of nitrogens with one attached hydrogen (secondary N) is 1. The Labute approximate surface area is 116 Å². The molecule has 21 heavy (non-hydrogen) atoms. The SMILES string of the molecule is O=C(O)c1cnc(Nc2cccc(F)c2F)c([N+](=O)[O-])c1. The Balaban J connectivity index is 2.46. The number of nitrogens with zero attached hydrogens (tertiary/aromatic N) is 2. The molecular weight excluding hydrogens is 288 g/mol. The van der Waals surface area contributed by atoms with E-state index in [1.165, 1.54) is 6.07 Å². The molecule has 0 atom stereocenters. The van der Waals surface area contributed by atoms with Crippen LogP contribution in [0.1, 0.15) is 10.4 Å². The highest BCUT2D eigenvalue weighted by atomic mass is 19.2. The first-order valence-corrected chi connectivity index (χ1v) is 5.49. The molecule has 0 aliphatic rings. The molecule has 9 heteroatoms. The number of nitro groups is 1. The number of anilines is 2. The normalized spacial score (nSPS) is 10.2. The zero-order valence-corrected chi connectivity index (χ0v) is 10.2. The molecule has 0 aliphatic heterocycles. The Morgan fingerprint density at radius 1 is 1.38 bits per heavy atom. The maximum Gasteiger partial charge on any atom is 0.337 e. The largest absolute Gasteiger partial charge is 0.478 e. The van der Waals surface area contributed by atoms with Gasteiger partial charge >= 0.3 is 11.7 Å². The number of carboxylic acid groups (broad SMARTS) is 1. The summed E-state index contributed by atoms with van der Waals surface area (Å²) in [6.45, 7) is 0. The van der Waals surface area contributed by atoms with Crippen molar-refractivity contribution >= 4 is 23.2 Å². The molecule has 0 amide bonds. The van der Waals surface area contributed by atoms with E-state index < -0.39 is 39.6 Å². The monoisotopic (exact) mass is 295 g/mol. The van der Waals surface area contributed by atoms with Crippen molar-refractivity contribution in [3.63, 3.8) is 0 Å². The summed E-state index contributed by atoms with van der Waals surface area (Å²) in [7, 11) is 0. The van der Waals surface area contributed by atoms with Gasteiger partial charge in [0, 0.05) is 12.3 Å². The fourth-order valence-electron chi connectivity index (χ4n) is 1.53. The van der Waals surface area contributed by atoms with E-state index in [2.05, 4.69) is 10.3 Å². The molecule has 0 aliphatic carbocycles. The second-order valence-corrected chi connectivity index (χ2v) is 3.88. The molecule has 2 aromatic rings. The third-order valence-electron chi connectivity index (χ3n) is 2.52. The maximum absolute atomic E-state index is 13.5. The van der Waals surface area contributed by atoms with Gasteiger partial charge in [-0.25, -0.2) is 18.6 Å². The van der Waals surface area contributed by atoms with Crippen molar-refractivity contribution in [1.29, 1.82) is 0 Å². The molecule has 0 radical (unpaired) electrons. The van der Waals surface area contributed by atoms with Crippen LogP contribution in [0.4, 0.5) is 26.0 Å². The molecular formula is C12H7F2N3O4. The van der Waals surface area contributed by atoms with Gasteiger partial charge in [0.1, 0.15) is 0 Å². The fraction of sp³-hybridized carbons (Fsp3) is 0. The van der Waals surface area contributed by atoms with Gasteiger partial charge in [-0.05, 0) is 12.1 Å². The number of hydrogen-bond acceptors (Lipinski definition) is 5. The number of carboxylic acids is 1.